The molecule has 0 aliphatic carbocycles. The highest BCUT2D eigenvalue weighted by atomic mass is 35.5. The summed E-state index contributed by atoms with van der Waals surface area (Å²) in [5.41, 5.74) is 6.17. The van der Waals surface area contributed by atoms with E-state index >= 15 is 0 Å². The van der Waals surface area contributed by atoms with Crippen LogP contribution in [0.25, 0.3) is 10.4 Å². The Morgan fingerprint density at radius 1 is 1.00 bits per heavy atom. The molecule has 6 nitrogen and oxygen atoms in total. The van der Waals surface area contributed by atoms with Gasteiger partial charge in [-0.05, 0) is 18.2 Å². The van der Waals surface area contributed by atoms with E-state index in [9.17, 15) is 4.39 Å². The molecule has 0 spiro atoms. The second-order valence-corrected chi connectivity index (χ2v) is 7.77. The van der Waals surface area contributed by atoms with Crippen LogP contribution in [0.1, 0.15) is 16.6 Å². The van der Waals surface area contributed by atoms with Gasteiger partial charge < -0.3 is 10.3 Å². The van der Waals surface area contributed by atoms with Gasteiger partial charge in [0.2, 0.25) is 5.89 Å². The van der Waals surface area contributed by atoms with Gasteiger partial charge in [0.25, 0.3) is 0 Å². The summed E-state index contributed by atoms with van der Waals surface area (Å²) in [7, 11) is 0. The molecule has 0 unspecified atom stereocenters. The van der Waals surface area contributed by atoms with Crippen molar-refractivity contribution in [3.05, 3.63) is 58.8 Å². The molecule has 0 atom stereocenters. The van der Waals surface area contributed by atoms with Gasteiger partial charge in [-0.2, -0.15) is 4.98 Å². The summed E-state index contributed by atoms with van der Waals surface area (Å²) >= 11 is 1.66. The van der Waals surface area contributed by atoms with E-state index in [-0.39, 0.29) is 37.2 Å². The minimum absolute atomic E-state index is 0. The fraction of sp³-hybridized carbons (Fsp3) is 0.368. The molecule has 2 N–H and O–H groups in total. The molecular weight excluding hydrogens is 436 g/mol. The quantitative estimate of drug-likeness (QED) is 0.607. The number of nitrogens with two attached hydrogens (primary N) is 1. The zero-order chi connectivity index (χ0) is 18.6. The first-order valence-electron chi connectivity index (χ1n) is 9.01. The summed E-state index contributed by atoms with van der Waals surface area (Å²) in [4.78, 5) is 11.2. The van der Waals surface area contributed by atoms with Crippen molar-refractivity contribution in [3.8, 4) is 10.4 Å². The van der Waals surface area contributed by atoms with Crippen molar-refractivity contribution in [2.75, 3.05) is 26.2 Å². The lowest BCUT2D eigenvalue weighted by molar-refractivity contribution is 0.120. The SMILES string of the molecule is Cl.Cl.NCc1nc(CN2CCN(Cc3ccc(-c4ccccc4F)s3)CC2)no1. The Bertz CT molecular complexity index is 898. The Hall–Kier alpha value is -1.55. The molecular formula is C19H24Cl2FN5OS. The molecule has 158 valence electrons. The molecule has 3 heterocycles. The maximum Gasteiger partial charge on any atom is 0.240 e. The fourth-order valence-electron chi connectivity index (χ4n) is 3.23. The highest BCUT2D eigenvalue weighted by molar-refractivity contribution is 7.15. The zero-order valence-electron chi connectivity index (χ0n) is 15.8. The van der Waals surface area contributed by atoms with Gasteiger partial charge in [-0.25, -0.2) is 4.39 Å². The molecule has 0 amide bonds. The van der Waals surface area contributed by atoms with Gasteiger partial charge in [0, 0.05) is 48.0 Å². The van der Waals surface area contributed by atoms with Gasteiger partial charge >= 0.3 is 0 Å². The number of rotatable bonds is 6. The third kappa shape index (κ3) is 5.97. The van der Waals surface area contributed by atoms with Crippen LogP contribution in [-0.4, -0.2) is 46.1 Å². The van der Waals surface area contributed by atoms with E-state index in [2.05, 4.69) is 26.0 Å². The second kappa shape index (κ2) is 11.0. The van der Waals surface area contributed by atoms with Gasteiger partial charge in [0.15, 0.2) is 5.82 Å². The summed E-state index contributed by atoms with van der Waals surface area (Å²) < 4.78 is 19.0. The standard InChI is InChI=1S/C19H22FN5OS.2ClH/c20-16-4-2-1-3-15(16)17-6-5-14(27-17)12-24-7-9-25(10-8-24)13-18-22-19(11-21)26-23-18;;/h1-6H,7-13,21H2;2*1H. The second-order valence-electron chi connectivity index (χ2n) is 6.61. The molecule has 1 fully saturated rings. The molecule has 0 radical (unpaired) electrons. The van der Waals surface area contributed by atoms with Crippen molar-refractivity contribution in [1.29, 1.82) is 0 Å². The van der Waals surface area contributed by atoms with E-state index in [1.807, 2.05) is 18.2 Å². The normalized spacial score (nSPS) is 15.0. The first kappa shape index (κ1) is 23.7. The number of halogens is 3. The molecule has 1 saturated heterocycles. The van der Waals surface area contributed by atoms with Crippen molar-refractivity contribution in [2.45, 2.75) is 19.6 Å². The lowest BCUT2D eigenvalue weighted by Gasteiger charge is -2.33. The predicted molar refractivity (Wildman–Crippen MR) is 117 cm³/mol. The zero-order valence-corrected chi connectivity index (χ0v) is 18.2. The largest absolute Gasteiger partial charge is 0.338 e. The van der Waals surface area contributed by atoms with Gasteiger partial charge in [-0.15, -0.1) is 36.2 Å². The smallest absolute Gasteiger partial charge is 0.240 e. The van der Waals surface area contributed by atoms with Crippen LogP contribution in [0.2, 0.25) is 0 Å². The molecule has 29 heavy (non-hydrogen) atoms. The monoisotopic (exact) mass is 459 g/mol. The summed E-state index contributed by atoms with van der Waals surface area (Å²) in [5.74, 6) is 1.00. The highest BCUT2D eigenvalue weighted by Gasteiger charge is 2.19. The Kier molecular flexibility index (Phi) is 9.01. The van der Waals surface area contributed by atoms with Crippen molar-refractivity contribution in [3.63, 3.8) is 0 Å². The van der Waals surface area contributed by atoms with Gasteiger partial charge in [0.1, 0.15) is 5.82 Å². The molecule has 0 saturated carbocycles. The summed E-state index contributed by atoms with van der Waals surface area (Å²) in [6.07, 6.45) is 0. The van der Waals surface area contributed by atoms with Crippen LogP contribution in [0.5, 0.6) is 0 Å². The third-order valence-corrected chi connectivity index (χ3v) is 5.80. The number of hydrogen-bond acceptors (Lipinski definition) is 7. The highest BCUT2D eigenvalue weighted by Crippen LogP contribution is 2.30. The lowest BCUT2D eigenvalue weighted by atomic mass is 10.2. The molecule has 1 aromatic carbocycles. The molecule has 0 bridgehead atoms. The maximum atomic E-state index is 14.0. The molecule has 4 rings (SSSR count). The maximum absolute atomic E-state index is 14.0. The minimum Gasteiger partial charge on any atom is -0.338 e. The molecule has 2 aromatic heterocycles. The Morgan fingerprint density at radius 2 is 1.69 bits per heavy atom. The number of thiophene rings is 1. The van der Waals surface area contributed by atoms with E-state index < -0.39 is 0 Å². The first-order valence-corrected chi connectivity index (χ1v) is 9.83. The number of piperazine rings is 1. The number of nitrogens with zero attached hydrogens (tertiary/aromatic N) is 4. The van der Waals surface area contributed by atoms with E-state index in [0.717, 1.165) is 37.6 Å². The van der Waals surface area contributed by atoms with Gasteiger partial charge in [-0.3, -0.25) is 9.80 Å². The lowest BCUT2D eigenvalue weighted by Crippen LogP contribution is -2.45. The van der Waals surface area contributed by atoms with Crippen LogP contribution in [0.4, 0.5) is 4.39 Å². The van der Waals surface area contributed by atoms with Crippen LogP contribution in [0.3, 0.4) is 0 Å². The van der Waals surface area contributed by atoms with Crippen molar-refractivity contribution >= 4 is 36.2 Å². The van der Waals surface area contributed by atoms with Crippen molar-refractivity contribution < 1.29 is 8.91 Å². The Morgan fingerprint density at radius 3 is 2.34 bits per heavy atom. The Balaban J connectivity index is 0.00000150. The van der Waals surface area contributed by atoms with Crippen molar-refractivity contribution in [2.24, 2.45) is 5.73 Å². The van der Waals surface area contributed by atoms with Gasteiger partial charge in [-0.1, -0.05) is 23.4 Å². The van der Waals surface area contributed by atoms with E-state index in [1.54, 1.807) is 17.4 Å². The minimum atomic E-state index is -0.168. The average Bonchev–Trinajstić information content (AvgIpc) is 3.33. The fourth-order valence-corrected chi connectivity index (χ4v) is 4.31. The molecule has 1 aliphatic heterocycles. The first-order chi connectivity index (χ1) is 13.2. The molecule has 1 aliphatic rings. The average molecular weight is 460 g/mol. The van der Waals surface area contributed by atoms with E-state index in [1.165, 1.54) is 10.9 Å². The van der Waals surface area contributed by atoms with Crippen LogP contribution in [-0.2, 0) is 19.6 Å². The Labute approximate surface area is 185 Å². The van der Waals surface area contributed by atoms with Crippen LogP contribution < -0.4 is 5.73 Å². The molecule has 10 heteroatoms. The van der Waals surface area contributed by atoms with Crippen LogP contribution >= 0.6 is 36.2 Å². The number of hydrogen-bond donors (Lipinski definition) is 1. The topological polar surface area (TPSA) is 71.4 Å². The summed E-state index contributed by atoms with van der Waals surface area (Å²) in [6, 6.07) is 11.0. The van der Waals surface area contributed by atoms with Crippen LogP contribution in [0.15, 0.2) is 40.9 Å². The molecule has 3 aromatic rings. The number of benzene rings is 1. The van der Waals surface area contributed by atoms with Crippen LogP contribution in [0, 0.1) is 5.82 Å². The van der Waals surface area contributed by atoms with Gasteiger partial charge in [0.05, 0.1) is 13.1 Å². The summed E-state index contributed by atoms with van der Waals surface area (Å²) in [6.45, 7) is 5.73. The predicted octanol–water partition coefficient (Wildman–Crippen LogP) is 3.56. The van der Waals surface area contributed by atoms with E-state index in [0.29, 0.717) is 23.8 Å². The summed E-state index contributed by atoms with van der Waals surface area (Å²) in [5, 5.41) is 3.96. The van der Waals surface area contributed by atoms with E-state index in [4.69, 9.17) is 10.3 Å². The third-order valence-electron chi connectivity index (χ3n) is 4.70. The number of aromatic nitrogens is 2. The van der Waals surface area contributed by atoms with Crippen molar-refractivity contribution in [1.82, 2.24) is 19.9 Å².